The quantitative estimate of drug-likeness (QED) is 0.589. The molecule has 0 aliphatic carbocycles. The van der Waals surface area contributed by atoms with E-state index in [9.17, 15) is 0 Å². The summed E-state index contributed by atoms with van der Waals surface area (Å²) < 4.78 is 12.2. The van der Waals surface area contributed by atoms with E-state index in [0.29, 0.717) is 17.4 Å². The van der Waals surface area contributed by atoms with Gasteiger partial charge in [0.1, 0.15) is 6.61 Å². The molecule has 0 aromatic rings. The van der Waals surface area contributed by atoms with Gasteiger partial charge in [-0.2, -0.15) is 0 Å². The highest BCUT2D eigenvalue weighted by Gasteiger charge is 2.65. The minimum atomic E-state index is -0.145. The van der Waals surface area contributed by atoms with Crippen molar-refractivity contribution in [3.05, 3.63) is 0 Å². The van der Waals surface area contributed by atoms with Crippen LogP contribution in [0.2, 0.25) is 0 Å². The van der Waals surface area contributed by atoms with Gasteiger partial charge in [0.05, 0.1) is 17.3 Å². The van der Waals surface area contributed by atoms with E-state index in [2.05, 4.69) is 48.5 Å². The maximum absolute atomic E-state index is 6.34. The summed E-state index contributed by atoms with van der Waals surface area (Å²) in [4.78, 5) is 0.442. The summed E-state index contributed by atoms with van der Waals surface area (Å²) in [5, 5.41) is 0. The lowest BCUT2D eigenvalue weighted by atomic mass is 9.75. The van der Waals surface area contributed by atoms with Crippen molar-refractivity contribution in [1.82, 2.24) is 0 Å². The molecule has 2 saturated heterocycles. The molecule has 2 aliphatic rings. The molecule has 0 radical (unpaired) electrons. The Kier molecular flexibility index (Phi) is 3.60. The van der Waals surface area contributed by atoms with Gasteiger partial charge in [-0.15, -0.1) is 5.92 Å². The van der Waals surface area contributed by atoms with Crippen molar-refractivity contribution in [2.24, 2.45) is 5.92 Å². The summed E-state index contributed by atoms with van der Waals surface area (Å²) >= 11 is 3.79. The van der Waals surface area contributed by atoms with Gasteiger partial charge < -0.3 is 9.47 Å². The van der Waals surface area contributed by atoms with Gasteiger partial charge in [-0.05, 0) is 26.2 Å². The first kappa shape index (κ1) is 13.4. The van der Waals surface area contributed by atoms with Gasteiger partial charge in [0.2, 0.25) is 0 Å². The van der Waals surface area contributed by atoms with Gasteiger partial charge in [0, 0.05) is 11.2 Å². The fraction of sp³-hybridized carbons (Fsp3) is 0.857. The topological polar surface area (TPSA) is 18.5 Å². The Balaban J connectivity index is 2.12. The van der Waals surface area contributed by atoms with Crippen LogP contribution < -0.4 is 0 Å². The first-order valence-corrected chi connectivity index (χ1v) is 7.21. The van der Waals surface area contributed by atoms with Crippen LogP contribution in [0, 0.1) is 17.8 Å². The Morgan fingerprint density at radius 1 is 1.47 bits per heavy atom. The highest BCUT2D eigenvalue weighted by molar-refractivity contribution is 9.09. The van der Waals surface area contributed by atoms with Gasteiger partial charge in [0.25, 0.3) is 0 Å². The Bertz CT molecular complexity index is 357. The normalized spacial score (nSPS) is 43.9. The number of fused-ring (bicyclic) bond motifs is 2. The predicted molar refractivity (Wildman–Crippen MR) is 72.2 cm³/mol. The zero-order valence-electron chi connectivity index (χ0n) is 11.0. The maximum atomic E-state index is 6.34. The molecule has 0 spiro atoms. The third-order valence-electron chi connectivity index (χ3n) is 4.23. The molecule has 96 valence electrons. The maximum Gasteiger partial charge on any atom is 0.108 e. The molecule has 2 bridgehead atoms. The van der Waals surface area contributed by atoms with Crippen LogP contribution in [-0.2, 0) is 9.47 Å². The zero-order valence-corrected chi connectivity index (χ0v) is 12.6. The molecule has 0 aromatic carbocycles. The fourth-order valence-electron chi connectivity index (χ4n) is 3.11. The second-order valence-corrected chi connectivity index (χ2v) is 6.73. The van der Waals surface area contributed by atoms with Crippen molar-refractivity contribution in [2.75, 3.05) is 6.61 Å². The lowest BCUT2D eigenvalue weighted by molar-refractivity contribution is -0.0886. The minimum absolute atomic E-state index is 0.0565. The number of halogens is 1. The van der Waals surface area contributed by atoms with Crippen LogP contribution in [0.15, 0.2) is 0 Å². The van der Waals surface area contributed by atoms with Crippen LogP contribution in [0.3, 0.4) is 0 Å². The average Bonchev–Trinajstić information content (AvgIpc) is 2.67. The highest BCUT2D eigenvalue weighted by atomic mass is 79.9. The molecule has 2 aliphatic heterocycles. The smallest absolute Gasteiger partial charge is 0.108 e. The molecule has 2 fully saturated rings. The van der Waals surface area contributed by atoms with Crippen LogP contribution in [0.5, 0.6) is 0 Å². The first-order valence-electron chi connectivity index (χ1n) is 6.30. The molecule has 2 heterocycles. The summed E-state index contributed by atoms with van der Waals surface area (Å²) in [5.41, 5.74) is -0.201. The standard InChI is InChI=1S/C14H21BrO2/c1-5-6-7-16-12-9-14(10(2)3)11(15)8-13(12,4)17-14/h10-12H,7-9H2,1-4H3/t11?,12-,13+,14-/m1/s1. The van der Waals surface area contributed by atoms with Gasteiger partial charge in [-0.1, -0.05) is 35.7 Å². The lowest BCUT2D eigenvalue weighted by Crippen LogP contribution is -2.45. The molecule has 0 N–H and O–H groups in total. The van der Waals surface area contributed by atoms with Gasteiger partial charge in [0.15, 0.2) is 0 Å². The van der Waals surface area contributed by atoms with E-state index in [1.807, 2.05) is 6.92 Å². The molecular formula is C14H21BrO2. The second kappa shape index (κ2) is 4.57. The van der Waals surface area contributed by atoms with E-state index in [0.717, 1.165) is 12.8 Å². The van der Waals surface area contributed by atoms with Crippen LogP contribution in [0.25, 0.3) is 0 Å². The van der Waals surface area contributed by atoms with E-state index in [1.165, 1.54) is 0 Å². The molecule has 0 amide bonds. The highest BCUT2D eigenvalue weighted by Crippen LogP contribution is 2.57. The van der Waals surface area contributed by atoms with Crippen LogP contribution >= 0.6 is 15.9 Å². The lowest BCUT2D eigenvalue weighted by Gasteiger charge is -2.35. The SMILES string of the molecule is CC#CCO[C@@H]1C[C@]2(C(C)C)O[C@@]1(C)CC2Br. The summed E-state index contributed by atoms with van der Waals surface area (Å²) in [6.45, 7) is 8.98. The second-order valence-electron chi connectivity index (χ2n) is 5.63. The Labute approximate surface area is 113 Å². The molecular weight excluding hydrogens is 280 g/mol. The van der Waals surface area contributed by atoms with Crippen LogP contribution in [0.1, 0.15) is 40.5 Å². The van der Waals surface area contributed by atoms with E-state index in [4.69, 9.17) is 9.47 Å². The Hall–Kier alpha value is -0.0400. The number of hydrogen-bond donors (Lipinski definition) is 0. The predicted octanol–water partition coefficient (Wildman–Crippen LogP) is 3.14. The minimum Gasteiger partial charge on any atom is -0.365 e. The third kappa shape index (κ3) is 2.05. The number of hydrogen-bond acceptors (Lipinski definition) is 2. The number of alkyl halides is 1. The summed E-state index contributed by atoms with van der Waals surface area (Å²) in [5.74, 6) is 6.33. The Morgan fingerprint density at radius 3 is 2.71 bits per heavy atom. The molecule has 1 unspecified atom stereocenters. The first-order chi connectivity index (χ1) is 7.94. The van der Waals surface area contributed by atoms with Gasteiger partial charge >= 0.3 is 0 Å². The molecule has 2 rings (SSSR count). The largest absolute Gasteiger partial charge is 0.365 e. The van der Waals surface area contributed by atoms with Gasteiger partial charge in [-0.25, -0.2) is 0 Å². The number of rotatable bonds is 3. The molecule has 0 aromatic heterocycles. The van der Waals surface area contributed by atoms with Crippen molar-refractivity contribution < 1.29 is 9.47 Å². The van der Waals surface area contributed by atoms with Crippen molar-refractivity contribution in [3.63, 3.8) is 0 Å². The molecule has 0 saturated carbocycles. The van der Waals surface area contributed by atoms with Crippen LogP contribution in [-0.4, -0.2) is 28.7 Å². The molecule has 4 atom stereocenters. The van der Waals surface area contributed by atoms with Crippen molar-refractivity contribution in [2.45, 2.75) is 62.7 Å². The van der Waals surface area contributed by atoms with E-state index < -0.39 is 0 Å². The zero-order chi connectivity index (χ0) is 12.7. The summed E-state index contributed by atoms with van der Waals surface area (Å²) in [6, 6.07) is 0. The monoisotopic (exact) mass is 300 g/mol. The van der Waals surface area contributed by atoms with E-state index in [1.54, 1.807) is 0 Å². The molecule has 2 nitrogen and oxygen atoms in total. The van der Waals surface area contributed by atoms with Gasteiger partial charge in [-0.3, -0.25) is 0 Å². The average molecular weight is 301 g/mol. The summed E-state index contributed by atoms with van der Waals surface area (Å²) in [6.07, 6.45) is 2.18. The van der Waals surface area contributed by atoms with Crippen molar-refractivity contribution >= 4 is 15.9 Å². The summed E-state index contributed by atoms with van der Waals surface area (Å²) in [7, 11) is 0. The van der Waals surface area contributed by atoms with Crippen molar-refractivity contribution in [3.8, 4) is 11.8 Å². The molecule has 3 heteroatoms. The van der Waals surface area contributed by atoms with Crippen molar-refractivity contribution in [1.29, 1.82) is 0 Å². The van der Waals surface area contributed by atoms with Crippen LogP contribution in [0.4, 0.5) is 0 Å². The Morgan fingerprint density at radius 2 is 2.18 bits per heavy atom. The fourth-order valence-corrected chi connectivity index (χ4v) is 4.56. The van der Waals surface area contributed by atoms with E-state index in [-0.39, 0.29) is 17.3 Å². The third-order valence-corrected chi connectivity index (χ3v) is 5.33. The molecule has 17 heavy (non-hydrogen) atoms. The number of ether oxygens (including phenoxy) is 2. The van der Waals surface area contributed by atoms with E-state index >= 15 is 0 Å².